The van der Waals surface area contributed by atoms with Crippen LogP contribution in [0.5, 0.6) is 11.6 Å². The maximum atomic E-state index is 5.95. The molecule has 0 fully saturated rings. The van der Waals surface area contributed by atoms with Gasteiger partial charge >= 0.3 is 0 Å². The summed E-state index contributed by atoms with van der Waals surface area (Å²) in [6.45, 7) is 8.94. The molecule has 6 nitrogen and oxygen atoms in total. The maximum absolute atomic E-state index is 5.95. The predicted molar refractivity (Wildman–Crippen MR) is 82.9 cm³/mol. The number of ether oxygens (including phenoxy) is 1. The van der Waals surface area contributed by atoms with Crippen molar-refractivity contribution >= 4 is 5.82 Å². The highest BCUT2D eigenvalue weighted by Gasteiger charge is 2.13. The number of aromatic nitrogens is 4. The third kappa shape index (κ3) is 3.51. The van der Waals surface area contributed by atoms with Crippen LogP contribution in [0, 0.1) is 13.8 Å². The van der Waals surface area contributed by atoms with Gasteiger partial charge in [0.05, 0.1) is 5.69 Å². The zero-order valence-corrected chi connectivity index (χ0v) is 13.4. The van der Waals surface area contributed by atoms with E-state index in [1.165, 1.54) is 0 Å². The molecule has 0 saturated heterocycles. The van der Waals surface area contributed by atoms with Crippen molar-refractivity contribution in [1.29, 1.82) is 0 Å². The Morgan fingerprint density at radius 2 is 2.00 bits per heavy atom. The molecule has 114 valence electrons. The summed E-state index contributed by atoms with van der Waals surface area (Å²) in [5, 5.41) is 7.63. The summed E-state index contributed by atoms with van der Waals surface area (Å²) in [6, 6.07) is 1.83. The molecule has 0 radical (unpaired) electrons. The van der Waals surface area contributed by atoms with Crippen LogP contribution in [0.1, 0.15) is 37.5 Å². The summed E-state index contributed by atoms with van der Waals surface area (Å²) in [5.41, 5.74) is 1.84. The van der Waals surface area contributed by atoms with Crippen molar-refractivity contribution in [3.8, 4) is 11.6 Å². The van der Waals surface area contributed by atoms with Crippen LogP contribution >= 0.6 is 0 Å². The summed E-state index contributed by atoms with van der Waals surface area (Å²) < 4.78 is 7.76. The van der Waals surface area contributed by atoms with Gasteiger partial charge in [0.1, 0.15) is 17.3 Å². The predicted octanol–water partition coefficient (Wildman–Crippen LogP) is 3.00. The van der Waals surface area contributed by atoms with Gasteiger partial charge in [0.15, 0.2) is 5.75 Å². The minimum absolute atomic E-state index is 0.555. The lowest BCUT2D eigenvalue weighted by Gasteiger charge is -2.10. The van der Waals surface area contributed by atoms with Gasteiger partial charge in [0.25, 0.3) is 0 Å². The molecule has 0 amide bonds. The highest BCUT2D eigenvalue weighted by molar-refractivity contribution is 5.41. The first-order valence-electron chi connectivity index (χ1n) is 7.35. The molecule has 0 spiro atoms. The fraction of sp³-hybridized carbons (Fsp3) is 0.533. The zero-order chi connectivity index (χ0) is 15.4. The second kappa shape index (κ2) is 6.56. The molecular weight excluding hydrogens is 266 g/mol. The van der Waals surface area contributed by atoms with E-state index in [1.807, 2.05) is 38.6 Å². The van der Waals surface area contributed by atoms with Gasteiger partial charge in [-0.05, 0) is 20.3 Å². The molecule has 21 heavy (non-hydrogen) atoms. The van der Waals surface area contributed by atoms with E-state index in [4.69, 9.17) is 4.74 Å². The topological polar surface area (TPSA) is 64.9 Å². The van der Waals surface area contributed by atoms with Gasteiger partial charge in [-0.1, -0.05) is 13.8 Å². The third-order valence-electron chi connectivity index (χ3n) is 3.27. The molecule has 0 aliphatic carbocycles. The molecular formula is C15H23N5O. The zero-order valence-electron chi connectivity index (χ0n) is 13.4. The first-order chi connectivity index (χ1) is 10.0. The second-order valence-corrected chi connectivity index (χ2v) is 5.01. The Bertz CT molecular complexity index is 621. The van der Waals surface area contributed by atoms with Crippen LogP contribution in [0.4, 0.5) is 5.82 Å². The molecule has 6 heteroatoms. The lowest BCUT2D eigenvalue weighted by Crippen LogP contribution is -2.06. The van der Waals surface area contributed by atoms with E-state index in [9.17, 15) is 0 Å². The van der Waals surface area contributed by atoms with Crippen LogP contribution in [-0.2, 0) is 13.5 Å². The van der Waals surface area contributed by atoms with Gasteiger partial charge in [-0.3, -0.25) is 4.68 Å². The Hall–Kier alpha value is -2.11. The van der Waals surface area contributed by atoms with Crippen molar-refractivity contribution in [2.24, 2.45) is 7.05 Å². The van der Waals surface area contributed by atoms with Crippen LogP contribution in [-0.4, -0.2) is 26.3 Å². The van der Waals surface area contributed by atoms with E-state index in [1.54, 1.807) is 0 Å². The molecule has 0 aliphatic heterocycles. The minimum Gasteiger partial charge on any atom is -0.435 e. The van der Waals surface area contributed by atoms with Crippen molar-refractivity contribution in [2.75, 3.05) is 11.9 Å². The van der Waals surface area contributed by atoms with Crippen molar-refractivity contribution in [1.82, 2.24) is 19.7 Å². The highest BCUT2D eigenvalue weighted by atomic mass is 16.5. The van der Waals surface area contributed by atoms with Crippen LogP contribution in [0.25, 0.3) is 0 Å². The first kappa shape index (κ1) is 15.3. The van der Waals surface area contributed by atoms with Gasteiger partial charge in [0.2, 0.25) is 5.88 Å². The summed E-state index contributed by atoms with van der Waals surface area (Å²) in [4.78, 5) is 8.89. The highest BCUT2D eigenvalue weighted by Crippen LogP contribution is 2.27. The summed E-state index contributed by atoms with van der Waals surface area (Å²) in [6.07, 6.45) is 1.81. The standard InChI is InChI=1S/C15H23N5O/c1-6-8-16-13-9-14(18-12(7-2)17-13)21-15-10(3)19-20(5)11(15)4/h9H,6-8H2,1-5H3,(H,16,17,18). The Kier molecular flexibility index (Phi) is 4.77. The molecule has 2 rings (SSSR count). The molecule has 2 heterocycles. The molecule has 0 saturated carbocycles. The van der Waals surface area contributed by atoms with Crippen molar-refractivity contribution in [3.05, 3.63) is 23.3 Å². The number of hydrogen-bond donors (Lipinski definition) is 1. The van der Waals surface area contributed by atoms with E-state index in [0.717, 1.165) is 48.2 Å². The Balaban J connectivity index is 2.30. The second-order valence-electron chi connectivity index (χ2n) is 5.01. The van der Waals surface area contributed by atoms with Crippen molar-refractivity contribution in [2.45, 2.75) is 40.5 Å². The minimum atomic E-state index is 0.555. The van der Waals surface area contributed by atoms with E-state index in [-0.39, 0.29) is 0 Å². The average Bonchev–Trinajstić information content (AvgIpc) is 2.71. The van der Waals surface area contributed by atoms with Crippen LogP contribution in [0.15, 0.2) is 6.07 Å². The van der Waals surface area contributed by atoms with E-state index >= 15 is 0 Å². The quantitative estimate of drug-likeness (QED) is 0.885. The number of anilines is 1. The van der Waals surface area contributed by atoms with Crippen LogP contribution < -0.4 is 10.1 Å². The number of nitrogens with one attached hydrogen (secondary N) is 1. The maximum Gasteiger partial charge on any atom is 0.224 e. The average molecular weight is 289 g/mol. The Morgan fingerprint density at radius 3 is 2.57 bits per heavy atom. The number of rotatable bonds is 6. The largest absolute Gasteiger partial charge is 0.435 e. The van der Waals surface area contributed by atoms with Crippen molar-refractivity contribution < 1.29 is 4.74 Å². The summed E-state index contributed by atoms with van der Waals surface area (Å²) >= 11 is 0. The Morgan fingerprint density at radius 1 is 1.24 bits per heavy atom. The smallest absolute Gasteiger partial charge is 0.224 e. The molecule has 0 unspecified atom stereocenters. The Labute approximate surface area is 125 Å². The third-order valence-corrected chi connectivity index (χ3v) is 3.27. The number of aryl methyl sites for hydroxylation is 3. The van der Waals surface area contributed by atoms with Crippen LogP contribution in [0.3, 0.4) is 0 Å². The fourth-order valence-electron chi connectivity index (χ4n) is 2.03. The monoisotopic (exact) mass is 289 g/mol. The molecule has 0 aliphatic rings. The van der Waals surface area contributed by atoms with Gasteiger partial charge in [0, 0.05) is 26.1 Å². The molecule has 0 aromatic carbocycles. The van der Waals surface area contributed by atoms with Crippen LogP contribution in [0.2, 0.25) is 0 Å². The lowest BCUT2D eigenvalue weighted by molar-refractivity contribution is 0.451. The van der Waals surface area contributed by atoms with E-state index in [2.05, 4.69) is 27.3 Å². The number of hydrogen-bond acceptors (Lipinski definition) is 5. The normalized spacial score (nSPS) is 10.7. The SMILES string of the molecule is CCCNc1cc(Oc2c(C)nn(C)c2C)nc(CC)n1. The van der Waals surface area contributed by atoms with E-state index < -0.39 is 0 Å². The van der Waals surface area contributed by atoms with Crippen molar-refractivity contribution in [3.63, 3.8) is 0 Å². The van der Waals surface area contributed by atoms with Gasteiger partial charge in [-0.25, -0.2) is 4.98 Å². The van der Waals surface area contributed by atoms with Gasteiger partial charge in [-0.15, -0.1) is 0 Å². The fourth-order valence-corrected chi connectivity index (χ4v) is 2.03. The van der Waals surface area contributed by atoms with Gasteiger partial charge < -0.3 is 10.1 Å². The molecule has 2 aromatic rings. The number of nitrogens with zero attached hydrogens (tertiary/aromatic N) is 4. The summed E-state index contributed by atoms with van der Waals surface area (Å²) in [7, 11) is 1.90. The summed E-state index contributed by atoms with van der Waals surface area (Å²) in [5.74, 6) is 2.89. The lowest BCUT2D eigenvalue weighted by atomic mass is 10.3. The van der Waals surface area contributed by atoms with Gasteiger partial charge in [-0.2, -0.15) is 10.1 Å². The van der Waals surface area contributed by atoms with E-state index in [0.29, 0.717) is 5.88 Å². The molecule has 0 atom stereocenters. The molecule has 2 aromatic heterocycles. The first-order valence-corrected chi connectivity index (χ1v) is 7.35. The molecule has 0 bridgehead atoms. The molecule has 1 N–H and O–H groups in total.